The summed E-state index contributed by atoms with van der Waals surface area (Å²) in [5.74, 6) is 0.00375. The van der Waals surface area contributed by atoms with Crippen LogP contribution in [0.15, 0.2) is 22.7 Å². The maximum absolute atomic E-state index is 11.8. The summed E-state index contributed by atoms with van der Waals surface area (Å²) in [7, 11) is 1.63. The van der Waals surface area contributed by atoms with Gasteiger partial charge in [0, 0.05) is 19.7 Å². The topological polar surface area (TPSA) is 75.5 Å². The minimum Gasteiger partial charge on any atom is -0.358 e. The van der Waals surface area contributed by atoms with E-state index in [1.807, 2.05) is 6.07 Å². The molecule has 0 aliphatic carbocycles. The van der Waals surface area contributed by atoms with Crippen molar-refractivity contribution in [2.24, 2.45) is 0 Å². The lowest BCUT2D eigenvalue weighted by molar-refractivity contribution is -0.385. The van der Waals surface area contributed by atoms with Crippen LogP contribution in [-0.2, 0) is 11.3 Å². The number of hydrogen-bond acceptors (Lipinski definition) is 4. The highest BCUT2D eigenvalue weighted by Gasteiger charge is 2.30. The van der Waals surface area contributed by atoms with Gasteiger partial charge in [-0.1, -0.05) is 12.1 Å². The number of halogens is 1. The second kappa shape index (κ2) is 6.32. The van der Waals surface area contributed by atoms with Gasteiger partial charge in [0.15, 0.2) is 0 Å². The highest BCUT2D eigenvalue weighted by molar-refractivity contribution is 9.10. The predicted octanol–water partition coefficient (Wildman–Crippen LogP) is 2.07. The van der Waals surface area contributed by atoms with Crippen LogP contribution in [0.3, 0.4) is 0 Å². The molecule has 1 N–H and O–H groups in total. The molecule has 1 saturated heterocycles. The van der Waals surface area contributed by atoms with E-state index in [2.05, 4.69) is 26.1 Å². The minimum absolute atomic E-state index is 0.00375. The molecule has 1 aromatic rings. The summed E-state index contributed by atoms with van der Waals surface area (Å²) in [5, 5.41) is 13.6. The SMILES string of the molecule is CNC(=O)C1CCCN1Cc1cccc([N+](=O)[O-])c1Br. The molecule has 6 nitrogen and oxygen atoms in total. The van der Waals surface area contributed by atoms with Crippen LogP contribution in [-0.4, -0.2) is 35.4 Å². The van der Waals surface area contributed by atoms with Crippen LogP contribution in [0.5, 0.6) is 0 Å². The molecule has 1 atom stereocenters. The van der Waals surface area contributed by atoms with Gasteiger partial charge in [-0.05, 0) is 40.9 Å². The van der Waals surface area contributed by atoms with Crippen molar-refractivity contribution in [1.29, 1.82) is 0 Å². The Morgan fingerprint density at radius 1 is 1.60 bits per heavy atom. The first-order valence-corrected chi connectivity index (χ1v) is 7.21. The van der Waals surface area contributed by atoms with Gasteiger partial charge in [-0.25, -0.2) is 0 Å². The molecule has 1 amide bonds. The number of nitro benzene ring substituents is 1. The number of likely N-dealkylation sites (N-methyl/N-ethyl adjacent to an activating group) is 1. The van der Waals surface area contributed by atoms with Crippen molar-refractivity contribution >= 4 is 27.5 Å². The number of carbonyl (C=O) groups is 1. The largest absolute Gasteiger partial charge is 0.358 e. The lowest BCUT2D eigenvalue weighted by Crippen LogP contribution is -2.41. The van der Waals surface area contributed by atoms with Crippen molar-refractivity contribution in [3.63, 3.8) is 0 Å². The van der Waals surface area contributed by atoms with Gasteiger partial charge in [-0.2, -0.15) is 0 Å². The molecule has 0 saturated carbocycles. The number of nitrogens with zero attached hydrogens (tertiary/aromatic N) is 2. The molecule has 1 fully saturated rings. The number of rotatable bonds is 4. The first-order chi connectivity index (χ1) is 9.54. The quantitative estimate of drug-likeness (QED) is 0.671. The van der Waals surface area contributed by atoms with Crippen LogP contribution < -0.4 is 5.32 Å². The molecule has 108 valence electrons. The van der Waals surface area contributed by atoms with E-state index < -0.39 is 4.92 Å². The van der Waals surface area contributed by atoms with E-state index in [-0.39, 0.29) is 17.6 Å². The van der Waals surface area contributed by atoms with Crippen molar-refractivity contribution in [3.8, 4) is 0 Å². The Labute approximate surface area is 125 Å². The normalized spacial score (nSPS) is 19.0. The third-order valence-corrected chi connectivity index (χ3v) is 4.46. The first-order valence-electron chi connectivity index (χ1n) is 6.42. The molecule has 1 unspecified atom stereocenters. The average molecular weight is 342 g/mol. The number of hydrogen-bond donors (Lipinski definition) is 1. The van der Waals surface area contributed by atoms with Gasteiger partial charge in [0.1, 0.15) is 0 Å². The van der Waals surface area contributed by atoms with Gasteiger partial charge in [0.05, 0.1) is 15.4 Å². The lowest BCUT2D eigenvalue weighted by Gasteiger charge is -2.23. The van der Waals surface area contributed by atoms with E-state index in [9.17, 15) is 14.9 Å². The third kappa shape index (κ3) is 2.99. The van der Waals surface area contributed by atoms with E-state index in [1.165, 1.54) is 6.07 Å². The maximum atomic E-state index is 11.8. The summed E-state index contributed by atoms with van der Waals surface area (Å²) in [6, 6.07) is 4.83. The number of nitro groups is 1. The Hall–Kier alpha value is -1.47. The zero-order chi connectivity index (χ0) is 14.7. The van der Waals surface area contributed by atoms with E-state index in [0.29, 0.717) is 11.0 Å². The van der Waals surface area contributed by atoms with Crippen molar-refractivity contribution in [3.05, 3.63) is 38.3 Å². The Morgan fingerprint density at radius 3 is 3.00 bits per heavy atom. The molecule has 1 aliphatic heterocycles. The second-order valence-electron chi connectivity index (χ2n) is 4.75. The number of nitrogens with one attached hydrogen (secondary N) is 1. The third-order valence-electron chi connectivity index (χ3n) is 3.54. The van der Waals surface area contributed by atoms with Crippen molar-refractivity contribution in [2.75, 3.05) is 13.6 Å². The molecule has 0 radical (unpaired) electrons. The van der Waals surface area contributed by atoms with Crippen molar-refractivity contribution in [2.45, 2.75) is 25.4 Å². The number of carbonyl (C=O) groups excluding carboxylic acids is 1. The molecule has 0 aromatic heterocycles. The standard InChI is InChI=1S/C13H16BrN3O3/c1-15-13(18)11-6-3-7-16(11)8-9-4-2-5-10(12(9)14)17(19)20/h2,4-5,11H,3,6-8H2,1H3,(H,15,18). The summed E-state index contributed by atoms with van der Waals surface area (Å²) in [5.41, 5.74) is 0.883. The van der Waals surface area contributed by atoms with Gasteiger partial charge in [0.25, 0.3) is 5.69 Å². The summed E-state index contributed by atoms with van der Waals surface area (Å²) in [6.45, 7) is 1.35. The minimum atomic E-state index is -0.409. The van der Waals surface area contributed by atoms with Gasteiger partial charge >= 0.3 is 0 Å². The van der Waals surface area contributed by atoms with Crippen LogP contribution in [0.4, 0.5) is 5.69 Å². The summed E-state index contributed by atoms with van der Waals surface area (Å²) < 4.78 is 0.493. The van der Waals surface area contributed by atoms with E-state index in [1.54, 1.807) is 13.1 Å². The monoisotopic (exact) mass is 341 g/mol. The smallest absolute Gasteiger partial charge is 0.283 e. The molecule has 1 heterocycles. The van der Waals surface area contributed by atoms with Gasteiger partial charge in [0.2, 0.25) is 5.91 Å². The summed E-state index contributed by atoms with van der Waals surface area (Å²) >= 11 is 3.29. The molecule has 1 aliphatic rings. The molecule has 0 spiro atoms. The van der Waals surface area contributed by atoms with Gasteiger partial charge < -0.3 is 5.32 Å². The average Bonchev–Trinajstić information content (AvgIpc) is 2.88. The highest BCUT2D eigenvalue weighted by atomic mass is 79.9. The highest BCUT2D eigenvalue weighted by Crippen LogP contribution is 2.30. The molecule has 2 rings (SSSR count). The number of amides is 1. The first kappa shape index (κ1) is 14.9. The van der Waals surface area contributed by atoms with Crippen molar-refractivity contribution < 1.29 is 9.72 Å². The molecule has 20 heavy (non-hydrogen) atoms. The fourth-order valence-electron chi connectivity index (χ4n) is 2.53. The Balaban J connectivity index is 2.20. The van der Waals surface area contributed by atoms with Crippen LogP contribution >= 0.6 is 15.9 Å². The van der Waals surface area contributed by atoms with Crippen LogP contribution in [0, 0.1) is 10.1 Å². The fraction of sp³-hybridized carbons (Fsp3) is 0.462. The van der Waals surface area contributed by atoms with E-state index >= 15 is 0 Å². The molecular formula is C13H16BrN3O3. The van der Waals surface area contributed by atoms with Crippen LogP contribution in [0.2, 0.25) is 0 Å². The predicted molar refractivity (Wildman–Crippen MR) is 78.3 cm³/mol. The Kier molecular flexibility index (Phi) is 4.72. The van der Waals surface area contributed by atoms with Crippen LogP contribution in [0.1, 0.15) is 18.4 Å². The molecule has 0 bridgehead atoms. The fourth-order valence-corrected chi connectivity index (χ4v) is 3.06. The zero-order valence-corrected chi connectivity index (χ0v) is 12.7. The summed E-state index contributed by atoms with van der Waals surface area (Å²) in [6.07, 6.45) is 1.79. The second-order valence-corrected chi connectivity index (χ2v) is 5.54. The van der Waals surface area contributed by atoms with E-state index in [4.69, 9.17) is 0 Å². The van der Waals surface area contributed by atoms with E-state index in [0.717, 1.165) is 24.9 Å². The number of benzene rings is 1. The zero-order valence-electron chi connectivity index (χ0n) is 11.1. The molecule has 1 aromatic carbocycles. The van der Waals surface area contributed by atoms with Crippen molar-refractivity contribution in [1.82, 2.24) is 10.2 Å². The van der Waals surface area contributed by atoms with Gasteiger partial charge in [-0.15, -0.1) is 0 Å². The van der Waals surface area contributed by atoms with Crippen LogP contribution in [0.25, 0.3) is 0 Å². The Bertz CT molecular complexity index is 536. The maximum Gasteiger partial charge on any atom is 0.283 e. The Morgan fingerprint density at radius 2 is 2.35 bits per heavy atom. The molecular weight excluding hydrogens is 326 g/mol. The summed E-state index contributed by atoms with van der Waals surface area (Å²) in [4.78, 5) is 24.4. The lowest BCUT2D eigenvalue weighted by atomic mass is 10.1. The molecule has 7 heteroatoms. The van der Waals surface area contributed by atoms with Gasteiger partial charge in [-0.3, -0.25) is 19.8 Å². The number of likely N-dealkylation sites (tertiary alicyclic amines) is 1.